The van der Waals surface area contributed by atoms with Gasteiger partial charge < -0.3 is 10.0 Å². The highest BCUT2D eigenvalue weighted by atomic mass is 16.3. The molecule has 0 aliphatic heterocycles. The van der Waals surface area contributed by atoms with Crippen molar-refractivity contribution in [2.45, 2.75) is 57.4 Å². The second-order valence-electron chi connectivity index (χ2n) is 7.59. The van der Waals surface area contributed by atoms with Crippen LogP contribution in [0.15, 0.2) is 48.5 Å². The van der Waals surface area contributed by atoms with Crippen LogP contribution < -0.4 is 0 Å². The number of aromatic hydroxyl groups is 1. The first-order valence-corrected chi connectivity index (χ1v) is 9.70. The monoisotopic (exact) mass is 337 g/mol. The van der Waals surface area contributed by atoms with Crippen molar-refractivity contribution in [3.8, 4) is 5.75 Å². The summed E-state index contributed by atoms with van der Waals surface area (Å²) >= 11 is 0. The highest BCUT2D eigenvalue weighted by Gasteiger charge is 2.22. The Morgan fingerprint density at radius 2 is 1.76 bits per heavy atom. The highest BCUT2D eigenvalue weighted by molar-refractivity contribution is 5.43. The molecule has 134 valence electrons. The van der Waals surface area contributed by atoms with E-state index in [1.165, 1.54) is 43.2 Å². The van der Waals surface area contributed by atoms with Gasteiger partial charge in [-0.3, -0.25) is 0 Å². The molecule has 0 aromatic heterocycles. The van der Waals surface area contributed by atoms with Gasteiger partial charge in [0.2, 0.25) is 0 Å². The van der Waals surface area contributed by atoms with Gasteiger partial charge in [-0.25, -0.2) is 0 Å². The fourth-order valence-corrected chi connectivity index (χ4v) is 4.18. The summed E-state index contributed by atoms with van der Waals surface area (Å²) in [4.78, 5) is 2.54. The van der Waals surface area contributed by atoms with Crippen LogP contribution in [0.5, 0.6) is 5.75 Å². The summed E-state index contributed by atoms with van der Waals surface area (Å²) in [5.74, 6) is 0.659. The molecule has 3 rings (SSSR count). The summed E-state index contributed by atoms with van der Waals surface area (Å²) in [6.07, 6.45) is 7.85. The fraction of sp³-hybridized carbons (Fsp3) is 0.478. The Bertz CT molecular complexity index is 661. The van der Waals surface area contributed by atoms with Crippen LogP contribution in [0.4, 0.5) is 0 Å². The van der Waals surface area contributed by atoms with Gasteiger partial charge in [0.25, 0.3) is 0 Å². The fourth-order valence-electron chi connectivity index (χ4n) is 4.18. The van der Waals surface area contributed by atoms with Gasteiger partial charge in [0.15, 0.2) is 0 Å². The topological polar surface area (TPSA) is 23.5 Å². The minimum absolute atomic E-state index is 0.243. The first kappa shape index (κ1) is 18.0. The summed E-state index contributed by atoms with van der Waals surface area (Å²) in [5.41, 5.74) is 3.55. The molecule has 0 bridgehead atoms. The molecule has 1 unspecified atom stereocenters. The van der Waals surface area contributed by atoms with Crippen molar-refractivity contribution in [3.63, 3.8) is 0 Å². The number of rotatable bonds is 6. The van der Waals surface area contributed by atoms with Gasteiger partial charge >= 0.3 is 0 Å². The average molecular weight is 338 g/mol. The smallest absolute Gasteiger partial charge is 0.119 e. The highest BCUT2D eigenvalue weighted by Crippen LogP contribution is 2.35. The molecule has 2 aromatic carbocycles. The van der Waals surface area contributed by atoms with Gasteiger partial charge in [-0.15, -0.1) is 0 Å². The predicted molar refractivity (Wildman–Crippen MR) is 105 cm³/mol. The van der Waals surface area contributed by atoms with Crippen molar-refractivity contribution >= 4 is 0 Å². The quantitative estimate of drug-likeness (QED) is 0.753. The summed E-state index contributed by atoms with van der Waals surface area (Å²) in [5, 5.41) is 10.5. The SMILES string of the molecule is Cc1ccc(O)c(C(CCN(C)C2CCCCC2)c2ccccc2)c1. The predicted octanol–water partition coefficient (Wildman–Crippen LogP) is 5.49. The van der Waals surface area contributed by atoms with Gasteiger partial charge in [-0.1, -0.05) is 67.3 Å². The van der Waals surface area contributed by atoms with Crippen LogP contribution in [-0.4, -0.2) is 29.6 Å². The van der Waals surface area contributed by atoms with E-state index in [1.54, 1.807) is 0 Å². The van der Waals surface area contributed by atoms with E-state index in [4.69, 9.17) is 0 Å². The molecule has 0 amide bonds. The molecule has 0 spiro atoms. The Labute approximate surface area is 152 Å². The van der Waals surface area contributed by atoms with Crippen molar-refractivity contribution in [1.82, 2.24) is 4.90 Å². The van der Waals surface area contributed by atoms with Gasteiger partial charge in [0.05, 0.1) is 0 Å². The second kappa shape index (κ2) is 8.53. The Kier molecular flexibility index (Phi) is 6.14. The van der Waals surface area contributed by atoms with E-state index in [1.807, 2.05) is 12.1 Å². The second-order valence-corrected chi connectivity index (χ2v) is 7.59. The molecule has 25 heavy (non-hydrogen) atoms. The van der Waals surface area contributed by atoms with Crippen molar-refractivity contribution in [2.75, 3.05) is 13.6 Å². The minimum atomic E-state index is 0.243. The zero-order valence-electron chi connectivity index (χ0n) is 15.6. The lowest BCUT2D eigenvalue weighted by Gasteiger charge is -2.32. The molecule has 2 heteroatoms. The van der Waals surface area contributed by atoms with Gasteiger partial charge in [0, 0.05) is 17.5 Å². The van der Waals surface area contributed by atoms with E-state index >= 15 is 0 Å². The van der Waals surface area contributed by atoms with Crippen LogP contribution in [-0.2, 0) is 0 Å². The Morgan fingerprint density at radius 3 is 2.48 bits per heavy atom. The number of benzene rings is 2. The molecule has 0 heterocycles. The summed E-state index contributed by atoms with van der Waals surface area (Å²) in [6, 6.07) is 17.3. The number of hydrogen-bond acceptors (Lipinski definition) is 2. The lowest BCUT2D eigenvalue weighted by Crippen LogP contribution is -2.34. The summed E-state index contributed by atoms with van der Waals surface area (Å²) in [7, 11) is 2.27. The Morgan fingerprint density at radius 1 is 1.04 bits per heavy atom. The van der Waals surface area contributed by atoms with Crippen LogP contribution >= 0.6 is 0 Å². The first-order valence-electron chi connectivity index (χ1n) is 9.70. The number of nitrogens with zero attached hydrogens (tertiary/aromatic N) is 1. The molecule has 1 saturated carbocycles. The first-order chi connectivity index (χ1) is 12.1. The maximum atomic E-state index is 10.5. The Balaban J connectivity index is 1.78. The largest absolute Gasteiger partial charge is 0.508 e. The maximum Gasteiger partial charge on any atom is 0.119 e. The lowest BCUT2D eigenvalue weighted by atomic mass is 9.86. The molecule has 1 fully saturated rings. The molecule has 1 aliphatic carbocycles. The molecule has 1 atom stereocenters. The summed E-state index contributed by atoms with van der Waals surface area (Å²) in [6.45, 7) is 3.16. The van der Waals surface area contributed by atoms with Crippen LogP contribution in [0.25, 0.3) is 0 Å². The zero-order chi connectivity index (χ0) is 17.6. The third kappa shape index (κ3) is 4.64. The Hall–Kier alpha value is -1.80. The van der Waals surface area contributed by atoms with Gasteiger partial charge in [-0.05, 0) is 51.4 Å². The molecule has 1 N–H and O–H groups in total. The molecular formula is C23H31NO. The maximum absolute atomic E-state index is 10.5. The standard InChI is InChI=1S/C23H31NO/c1-18-13-14-23(25)22(17-18)21(19-9-5-3-6-10-19)15-16-24(2)20-11-7-4-8-12-20/h3,5-6,9-10,13-14,17,20-21,25H,4,7-8,11-12,15-16H2,1-2H3. The van der Waals surface area contributed by atoms with E-state index in [0.29, 0.717) is 5.75 Å². The van der Waals surface area contributed by atoms with E-state index in [2.05, 4.69) is 55.3 Å². The van der Waals surface area contributed by atoms with Crippen molar-refractivity contribution in [1.29, 1.82) is 0 Å². The van der Waals surface area contributed by atoms with Crippen molar-refractivity contribution in [2.24, 2.45) is 0 Å². The van der Waals surface area contributed by atoms with Crippen LogP contribution in [0.2, 0.25) is 0 Å². The molecule has 0 saturated heterocycles. The molecule has 2 aromatic rings. The van der Waals surface area contributed by atoms with E-state index in [-0.39, 0.29) is 5.92 Å². The van der Waals surface area contributed by atoms with Crippen molar-refractivity contribution in [3.05, 3.63) is 65.2 Å². The lowest BCUT2D eigenvalue weighted by molar-refractivity contribution is 0.187. The van der Waals surface area contributed by atoms with Gasteiger partial charge in [-0.2, -0.15) is 0 Å². The third-order valence-corrected chi connectivity index (χ3v) is 5.73. The van der Waals surface area contributed by atoms with E-state index < -0.39 is 0 Å². The van der Waals surface area contributed by atoms with Crippen LogP contribution in [0.3, 0.4) is 0 Å². The summed E-state index contributed by atoms with van der Waals surface area (Å²) < 4.78 is 0. The van der Waals surface area contributed by atoms with E-state index in [0.717, 1.165) is 24.6 Å². The number of aryl methyl sites for hydroxylation is 1. The number of phenols is 1. The molecule has 1 aliphatic rings. The van der Waals surface area contributed by atoms with E-state index in [9.17, 15) is 5.11 Å². The van der Waals surface area contributed by atoms with Crippen LogP contribution in [0.1, 0.15) is 61.1 Å². The normalized spacial score (nSPS) is 16.9. The van der Waals surface area contributed by atoms with Gasteiger partial charge in [0.1, 0.15) is 5.75 Å². The average Bonchev–Trinajstić information content (AvgIpc) is 2.66. The number of hydrogen-bond donors (Lipinski definition) is 1. The van der Waals surface area contributed by atoms with Crippen LogP contribution in [0, 0.1) is 6.92 Å². The van der Waals surface area contributed by atoms with Crippen molar-refractivity contribution < 1.29 is 5.11 Å². The molecule has 2 nitrogen and oxygen atoms in total. The molecule has 0 radical (unpaired) electrons. The molecular weight excluding hydrogens is 306 g/mol. The third-order valence-electron chi connectivity index (χ3n) is 5.73. The number of phenolic OH excluding ortho intramolecular Hbond substituents is 1. The minimum Gasteiger partial charge on any atom is -0.508 e. The zero-order valence-corrected chi connectivity index (χ0v) is 15.6.